The van der Waals surface area contributed by atoms with Gasteiger partial charge in [0.2, 0.25) is 0 Å². The Labute approximate surface area is 169 Å². The van der Waals surface area contributed by atoms with Gasteiger partial charge in [-0.15, -0.1) is 24.0 Å². The molecule has 0 amide bonds. The highest BCUT2D eigenvalue weighted by Gasteiger charge is 2.28. The van der Waals surface area contributed by atoms with E-state index in [-0.39, 0.29) is 41.3 Å². The van der Waals surface area contributed by atoms with Crippen molar-refractivity contribution >= 4 is 41.7 Å². The van der Waals surface area contributed by atoms with Gasteiger partial charge in [-0.2, -0.15) is 11.8 Å². The highest BCUT2D eigenvalue weighted by molar-refractivity contribution is 14.0. The maximum Gasteiger partial charge on any atom is 0.193 e. The summed E-state index contributed by atoms with van der Waals surface area (Å²) in [5.41, 5.74) is 1.55. The lowest BCUT2D eigenvalue weighted by molar-refractivity contribution is -0.0173. The van der Waals surface area contributed by atoms with Crippen LogP contribution in [0.15, 0.2) is 17.1 Å². The summed E-state index contributed by atoms with van der Waals surface area (Å²) >= 11 is 1.98. The molecule has 1 saturated heterocycles. The summed E-state index contributed by atoms with van der Waals surface area (Å²) in [6.45, 7) is 7.44. The Kier molecular flexibility index (Phi) is 7.21. The number of nitrogens with one attached hydrogen (secondary N) is 1. The molecule has 25 heavy (non-hydrogen) atoms. The first kappa shape index (κ1) is 20.6. The van der Waals surface area contributed by atoms with E-state index in [0.29, 0.717) is 13.2 Å². The van der Waals surface area contributed by atoms with Crippen molar-refractivity contribution in [3.05, 3.63) is 29.1 Å². The predicted octanol–water partition coefficient (Wildman–Crippen LogP) is 3.21. The van der Waals surface area contributed by atoms with E-state index in [9.17, 15) is 4.39 Å². The minimum atomic E-state index is -0.273. The van der Waals surface area contributed by atoms with Gasteiger partial charge < -0.3 is 19.7 Å². The van der Waals surface area contributed by atoms with Crippen LogP contribution in [-0.2, 0) is 17.9 Å². The number of aliphatic imine (C=N–C) groups is 1. The number of benzene rings is 1. The Morgan fingerprint density at radius 2 is 2.24 bits per heavy atom. The number of hydrogen-bond acceptors (Lipinski definition) is 4. The van der Waals surface area contributed by atoms with Gasteiger partial charge in [-0.25, -0.2) is 4.39 Å². The van der Waals surface area contributed by atoms with Crippen LogP contribution in [0.25, 0.3) is 0 Å². The Hall–Kier alpha value is -0.740. The highest BCUT2D eigenvalue weighted by atomic mass is 127. The van der Waals surface area contributed by atoms with Crippen LogP contribution in [0.3, 0.4) is 0 Å². The van der Waals surface area contributed by atoms with Gasteiger partial charge in [0.05, 0.1) is 6.61 Å². The molecule has 2 aliphatic heterocycles. The summed E-state index contributed by atoms with van der Waals surface area (Å²) in [5.74, 6) is 2.36. The average Bonchev–Trinajstić information content (AvgIpc) is 2.54. The zero-order valence-electron chi connectivity index (χ0n) is 14.8. The van der Waals surface area contributed by atoms with Gasteiger partial charge in [0.25, 0.3) is 0 Å². The molecule has 0 spiro atoms. The molecule has 0 atom stereocenters. The van der Waals surface area contributed by atoms with Crippen LogP contribution >= 0.6 is 35.7 Å². The fourth-order valence-electron chi connectivity index (χ4n) is 3.09. The minimum absolute atomic E-state index is 0. The third-order valence-electron chi connectivity index (χ3n) is 4.13. The first-order valence-corrected chi connectivity index (χ1v) is 9.08. The van der Waals surface area contributed by atoms with E-state index >= 15 is 0 Å². The fourth-order valence-corrected chi connectivity index (χ4v) is 4.20. The molecule has 0 bridgehead atoms. The molecule has 0 unspecified atom stereocenters. The summed E-state index contributed by atoms with van der Waals surface area (Å²) < 4.78 is 24.8. The zero-order valence-corrected chi connectivity index (χ0v) is 17.9. The second-order valence-corrected chi connectivity index (χ2v) is 8.40. The number of ether oxygens (including phenoxy) is 2. The van der Waals surface area contributed by atoms with E-state index in [1.807, 2.05) is 11.8 Å². The van der Waals surface area contributed by atoms with Crippen LogP contribution in [0.5, 0.6) is 5.75 Å². The largest absolute Gasteiger partial charge is 0.467 e. The molecule has 5 nitrogen and oxygen atoms in total. The van der Waals surface area contributed by atoms with Gasteiger partial charge in [-0.05, 0) is 26.0 Å². The van der Waals surface area contributed by atoms with E-state index in [4.69, 9.17) is 9.47 Å². The molecule has 8 heteroatoms. The molecular weight excluding hydrogens is 456 g/mol. The Balaban J connectivity index is 0.00000225. The quantitative estimate of drug-likeness (QED) is 0.400. The molecule has 140 valence electrons. The van der Waals surface area contributed by atoms with Crippen molar-refractivity contribution in [1.29, 1.82) is 0 Å². The number of thioether (sulfide) groups is 1. The lowest BCUT2D eigenvalue weighted by Gasteiger charge is -2.39. The van der Waals surface area contributed by atoms with Crippen molar-refractivity contribution in [3.63, 3.8) is 0 Å². The smallest absolute Gasteiger partial charge is 0.193 e. The van der Waals surface area contributed by atoms with Gasteiger partial charge in [-0.1, -0.05) is 0 Å². The topological polar surface area (TPSA) is 46.1 Å². The van der Waals surface area contributed by atoms with Crippen molar-refractivity contribution in [2.45, 2.75) is 31.7 Å². The minimum Gasteiger partial charge on any atom is -0.467 e. The summed E-state index contributed by atoms with van der Waals surface area (Å²) in [6, 6.07) is 2.98. The maximum absolute atomic E-state index is 13.8. The zero-order chi connectivity index (χ0) is 17.2. The Bertz CT molecular complexity index is 643. The number of halogens is 2. The fraction of sp³-hybridized carbons (Fsp3) is 0.588. The molecule has 0 aliphatic carbocycles. The lowest BCUT2D eigenvalue weighted by atomic mass is 10.1. The number of guanidine groups is 1. The van der Waals surface area contributed by atoms with Crippen LogP contribution < -0.4 is 10.1 Å². The predicted molar refractivity (Wildman–Crippen MR) is 110 cm³/mol. The molecule has 1 N–H and O–H groups in total. The van der Waals surface area contributed by atoms with E-state index < -0.39 is 0 Å². The first-order valence-electron chi connectivity index (χ1n) is 8.10. The maximum atomic E-state index is 13.8. The van der Waals surface area contributed by atoms with Crippen LogP contribution in [0, 0.1) is 5.82 Å². The van der Waals surface area contributed by atoms with E-state index in [1.165, 1.54) is 12.1 Å². The number of rotatable bonds is 2. The monoisotopic (exact) mass is 481 g/mol. The summed E-state index contributed by atoms with van der Waals surface area (Å²) in [6.07, 6.45) is 0. The lowest BCUT2D eigenvalue weighted by Crippen LogP contribution is -2.50. The Morgan fingerprint density at radius 1 is 1.44 bits per heavy atom. The van der Waals surface area contributed by atoms with Crippen molar-refractivity contribution in [1.82, 2.24) is 10.2 Å². The number of fused-ring (bicyclic) bond motifs is 1. The normalized spacial score (nSPS) is 19.5. The molecular formula is C17H25FIN3O2S. The van der Waals surface area contributed by atoms with E-state index in [2.05, 4.69) is 29.1 Å². The molecule has 1 fully saturated rings. The van der Waals surface area contributed by atoms with Crippen LogP contribution in [0.4, 0.5) is 4.39 Å². The van der Waals surface area contributed by atoms with Crippen molar-refractivity contribution in [2.75, 3.05) is 32.7 Å². The Morgan fingerprint density at radius 3 is 2.96 bits per heavy atom. The molecule has 2 heterocycles. The second kappa shape index (κ2) is 8.77. The van der Waals surface area contributed by atoms with Crippen molar-refractivity contribution in [2.24, 2.45) is 4.99 Å². The highest BCUT2D eigenvalue weighted by Crippen LogP contribution is 2.31. The molecule has 3 rings (SSSR count). The second-order valence-electron chi connectivity index (χ2n) is 6.59. The SMILES string of the molecule is CN=C(NCc1cc(F)cc2c1OCOC2)N1CCSC(C)(C)C1.I. The standard InChI is InChI=1S/C17H24FN3O2S.HI/c1-17(2)10-21(4-5-24-17)16(19-3)20-8-12-6-14(18)7-13-9-22-11-23-15(12)13;/h6-7H,4-5,8-11H2,1-3H3,(H,19,20);1H. The summed E-state index contributed by atoms with van der Waals surface area (Å²) in [7, 11) is 1.78. The first-order chi connectivity index (χ1) is 11.5. The van der Waals surface area contributed by atoms with Crippen LogP contribution in [-0.4, -0.2) is 48.3 Å². The van der Waals surface area contributed by atoms with Crippen molar-refractivity contribution < 1.29 is 13.9 Å². The number of hydrogen-bond donors (Lipinski definition) is 1. The summed E-state index contributed by atoms with van der Waals surface area (Å²) in [4.78, 5) is 6.65. The molecule has 0 saturated carbocycles. The van der Waals surface area contributed by atoms with Gasteiger partial charge in [0, 0.05) is 48.3 Å². The van der Waals surface area contributed by atoms with E-state index in [1.54, 1.807) is 7.05 Å². The van der Waals surface area contributed by atoms with E-state index in [0.717, 1.165) is 41.7 Å². The molecule has 1 aromatic rings. The molecule has 1 aromatic carbocycles. The van der Waals surface area contributed by atoms with Crippen molar-refractivity contribution in [3.8, 4) is 5.75 Å². The van der Waals surface area contributed by atoms with Crippen LogP contribution in [0.2, 0.25) is 0 Å². The van der Waals surface area contributed by atoms with Gasteiger partial charge in [0.1, 0.15) is 11.6 Å². The van der Waals surface area contributed by atoms with Gasteiger partial charge >= 0.3 is 0 Å². The van der Waals surface area contributed by atoms with Crippen LogP contribution in [0.1, 0.15) is 25.0 Å². The molecule has 0 aromatic heterocycles. The average molecular weight is 481 g/mol. The molecule has 0 radical (unpaired) electrons. The molecule has 2 aliphatic rings. The third kappa shape index (κ3) is 5.13. The van der Waals surface area contributed by atoms with Gasteiger partial charge in [-0.3, -0.25) is 4.99 Å². The number of nitrogens with zero attached hydrogens (tertiary/aromatic N) is 2. The van der Waals surface area contributed by atoms with Gasteiger partial charge in [0.15, 0.2) is 12.8 Å². The summed E-state index contributed by atoms with van der Waals surface area (Å²) in [5, 5.41) is 3.35. The third-order valence-corrected chi connectivity index (χ3v) is 5.42.